The Kier molecular flexibility index (Phi) is 2.61. The van der Waals surface area contributed by atoms with Gasteiger partial charge < -0.3 is 9.73 Å². The average molecular weight is 235 g/mol. The van der Waals surface area contributed by atoms with Crippen molar-refractivity contribution in [3.05, 3.63) is 29.2 Å². The van der Waals surface area contributed by atoms with E-state index >= 15 is 0 Å². The van der Waals surface area contributed by atoms with Crippen molar-refractivity contribution < 1.29 is 4.42 Å². The Balaban J connectivity index is 1.50. The number of aromatic nitrogens is 2. The highest BCUT2D eigenvalue weighted by Crippen LogP contribution is 2.41. The molecule has 5 heteroatoms. The smallest absolute Gasteiger partial charge is 0.205 e. The van der Waals surface area contributed by atoms with E-state index < -0.39 is 0 Å². The van der Waals surface area contributed by atoms with Crippen LogP contribution in [0.4, 0.5) is 5.13 Å². The lowest BCUT2D eigenvalue weighted by Gasteiger charge is -1.98. The van der Waals surface area contributed by atoms with E-state index in [9.17, 15) is 0 Å². The monoisotopic (exact) mass is 235 g/mol. The molecule has 0 unspecified atom stereocenters. The molecule has 1 aliphatic rings. The van der Waals surface area contributed by atoms with E-state index in [4.69, 9.17) is 4.42 Å². The molecule has 0 radical (unpaired) electrons. The van der Waals surface area contributed by atoms with Crippen LogP contribution < -0.4 is 5.32 Å². The van der Waals surface area contributed by atoms with E-state index in [1.54, 1.807) is 17.6 Å². The highest BCUT2D eigenvalue weighted by Gasteiger charge is 2.27. The fourth-order valence-electron chi connectivity index (χ4n) is 1.55. The van der Waals surface area contributed by atoms with Gasteiger partial charge in [-0.05, 0) is 25.0 Å². The summed E-state index contributed by atoms with van der Waals surface area (Å²) in [6.07, 6.45) is 5.14. The third-order valence-corrected chi connectivity index (χ3v) is 3.64. The minimum absolute atomic E-state index is 0.693. The quantitative estimate of drug-likeness (QED) is 0.865. The van der Waals surface area contributed by atoms with Crippen molar-refractivity contribution >= 4 is 16.5 Å². The van der Waals surface area contributed by atoms with E-state index in [1.807, 2.05) is 12.1 Å². The Bertz CT molecular complexity index is 448. The molecule has 0 bridgehead atoms. The summed E-state index contributed by atoms with van der Waals surface area (Å²) in [4.78, 5) is 0. The molecule has 0 aliphatic heterocycles. The maximum atomic E-state index is 5.25. The summed E-state index contributed by atoms with van der Waals surface area (Å²) < 4.78 is 5.25. The van der Waals surface area contributed by atoms with Crippen LogP contribution in [0.3, 0.4) is 0 Å². The van der Waals surface area contributed by atoms with Crippen LogP contribution in [0.5, 0.6) is 0 Å². The Labute approximate surface area is 97.7 Å². The SMILES string of the molecule is c1coc(CCNc2nnc(C3CC3)s2)c1. The number of nitrogens with one attached hydrogen (secondary N) is 1. The van der Waals surface area contributed by atoms with Gasteiger partial charge in [-0.1, -0.05) is 11.3 Å². The second kappa shape index (κ2) is 4.25. The summed E-state index contributed by atoms with van der Waals surface area (Å²) >= 11 is 1.68. The average Bonchev–Trinajstić information content (AvgIpc) is 2.83. The summed E-state index contributed by atoms with van der Waals surface area (Å²) in [7, 11) is 0. The number of anilines is 1. The van der Waals surface area contributed by atoms with Crippen LogP contribution in [0, 0.1) is 0 Å². The molecule has 4 nitrogen and oxygen atoms in total. The van der Waals surface area contributed by atoms with Gasteiger partial charge in [0.15, 0.2) is 0 Å². The predicted octanol–water partition coefficient (Wildman–Crippen LogP) is 2.66. The molecule has 0 saturated heterocycles. The van der Waals surface area contributed by atoms with Gasteiger partial charge in [0.2, 0.25) is 5.13 Å². The van der Waals surface area contributed by atoms with Crippen LogP contribution in [-0.4, -0.2) is 16.7 Å². The van der Waals surface area contributed by atoms with Gasteiger partial charge in [0.1, 0.15) is 10.8 Å². The highest BCUT2D eigenvalue weighted by atomic mass is 32.1. The standard InChI is InChI=1S/C11H13N3OS/c1-2-9(15-7-1)5-6-12-11-14-13-10(16-11)8-3-4-8/h1-2,7-8H,3-6H2,(H,12,14). The Morgan fingerprint density at radius 1 is 1.44 bits per heavy atom. The van der Waals surface area contributed by atoms with E-state index in [1.165, 1.54) is 17.8 Å². The maximum absolute atomic E-state index is 5.25. The molecule has 0 spiro atoms. The van der Waals surface area contributed by atoms with Crippen LogP contribution in [0.25, 0.3) is 0 Å². The van der Waals surface area contributed by atoms with Crippen LogP contribution in [-0.2, 0) is 6.42 Å². The number of hydrogen-bond acceptors (Lipinski definition) is 5. The molecule has 0 amide bonds. The molecule has 84 valence electrons. The van der Waals surface area contributed by atoms with Gasteiger partial charge in [-0.15, -0.1) is 10.2 Å². The van der Waals surface area contributed by atoms with Crippen LogP contribution >= 0.6 is 11.3 Å². The van der Waals surface area contributed by atoms with Gasteiger partial charge in [0, 0.05) is 18.9 Å². The molecule has 2 heterocycles. The van der Waals surface area contributed by atoms with Gasteiger partial charge in [-0.2, -0.15) is 0 Å². The summed E-state index contributed by atoms with van der Waals surface area (Å²) in [5, 5.41) is 13.7. The highest BCUT2D eigenvalue weighted by molar-refractivity contribution is 7.15. The predicted molar refractivity (Wildman–Crippen MR) is 62.8 cm³/mol. The van der Waals surface area contributed by atoms with Gasteiger partial charge in [0.05, 0.1) is 6.26 Å². The Morgan fingerprint density at radius 2 is 2.38 bits per heavy atom. The molecule has 3 rings (SSSR count). The molecule has 16 heavy (non-hydrogen) atoms. The molecule has 1 fully saturated rings. The first kappa shape index (κ1) is 9.84. The van der Waals surface area contributed by atoms with Gasteiger partial charge >= 0.3 is 0 Å². The molecule has 1 saturated carbocycles. The number of nitrogens with zero attached hydrogens (tertiary/aromatic N) is 2. The molecule has 1 N–H and O–H groups in total. The normalized spacial score (nSPS) is 15.2. The van der Waals surface area contributed by atoms with Crippen molar-refractivity contribution in [3.63, 3.8) is 0 Å². The topological polar surface area (TPSA) is 51.0 Å². The van der Waals surface area contributed by atoms with Crippen LogP contribution in [0.1, 0.15) is 29.5 Å². The zero-order chi connectivity index (χ0) is 10.8. The lowest BCUT2D eigenvalue weighted by molar-refractivity contribution is 0.513. The molecular formula is C11H13N3OS. The van der Waals surface area contributed by atoms with E-state index in [0.717, 1.165) is 23.9 Å². The van der Waals surface area contributed by atoms with E-state index in [2.05, 4.69) is 15.5 Å². The first-order valence-corrected chi connectivity index (χ1v) is 6.33. The number of furan rings is 1. The second-order valence-electron chi connectivity index (χ2n) is 3.98. The number of hydrogen-bond donors (Lipinski definition) is 1. The van der Waals surface area contributed by atoms with Crippen molar-refractivity contribution in [3.8, 4) is 0 Å². The zero-order valence-corrected chi connectivity index (χ0v) is 9.67. The molecule has 1 aliphatic carbocycles. The molecule has 0 atom stereocenters. The van der Waals surface area contributed by atoms with Gasteiger partial charge in [-0.3, -0.25) is 0 Å². The van der Waals surface area contributed by atoms with Crippen molar-refractivity contribution in [1.82, 2.24) is 10.2 Å². The van der Waals surface area contributed by atoms with E-state index in [0.29, 0.717) is 5.92 Å². The van der Waals surface area contributed by atoms with Gasteiger partial charge in [0.25, 0.3) is 0 Å². The largest absolute Gasteiger partial charge is 0.469 e. The van der Waals surface area contributed by atoms with Crippen LogP contribution in [0.15, 0.2) is 22.8 Å². The lowest BCUT2D eigenvalue weighted by Crippen LogP contribution is -2.03. The summed E-state index contributed by atoms with van der Waals surface area (Å²) in [5.74, 6) is 1.69. The summed E-state index contributed by atoms with van der Waals surface area (Å²) in [6, 6.07) is 3.89. The van der Waals surface area contributed by atoms with Crippen molar-refractivity contribution in [2.24, 2.45) is 0 Å². The summed E-state index contributed by atoms with van der Waals surface area (Å²) in [6.45, 7) is 0.840. The molecular weight excluding hydrogens is 222 g/mol. The third-order valence-electron chi connectivity index (χ3n) is 2.59. The minimum Gasteiger partial charge on any atom is -0.469 e. The number of rotatable bonds is 5. The van der Waals surface area contributed by atoms with Gasteiger partial charge in [-0.25, -0.2) is 0 Å². The molecule has 2 aromatic rings. The van der Waals surface area contributed by atoms with Crippen molar-refractivity contribution in [2.75, 3.05) is 11.9 Å². The van der Waals surface area contributed by atoms with Crippen LogP contribution in [0.2, 0.25) is 0 Å². The zero-order valence-electron chi connectivity index (χ0n) is 8.85. The fraction of sp³-hybridized carbons (Fsp3) is 0.455. The third kappa shape index (κ3) is 2.24. The Hall–Kier alpha value is -1.36. The molecule has 0 aromatic carbocycles. The summed E-state index contributed by atoms with van der Waals surface area (Å²) in [5.41, 5.74) is 0. The second-order valence-corrected chi connectivity index (χ2v) is 4.98. The maximum Gasteiger partial charge on any atom is 0.205 e. The molecule has 2 aromatic heterocycles. The minimum atomic E-state index is 0.693. The fourth-order valence-corrected chi connectivity index (χ4v) is 2.49. The van der Waals surface area contributed by atoms with Crippen molar-refractivity contribution in [2.45, 2.75) is 25.2 Å². The van der Waals surface area contributed by atoms with Crippen molar-refractivity contribution in [1.29, 1.82) is 0 Å². The first-order valence-electron chi connectivity index (χ1n) is 5.51. The van der Waals surface area contributed by atoms with E-state index in [-0.39, 0.29) is 0 Å². The Morgan fingerprint density at radius 3 is 3.12 bits per heavy atom. The lowest BCUT2D eigenvalue weighted by atomic mass is 10.3. The first-order chi connectivity index (χ1) is 7.92.